The van der Waals surface area contributed by atoms with Crippen LogP contribution in [-0.4, -0.2) is 6.04 Å². The van der Waals surface area contributed by atoms with Crippen molar-refractivity contribution in [1.82, 2.24) is 5.43 Å². The molecular weight excluding hydrogens is 296 g/mol. The minimum absolute atomic E-state index is 0.358. The molecule has 3 N–H and O–H groups in total. The van der Waals surface area contributed by atoms with Crippen molar-refractivity contribution in [3.63, 3.8) is 0 Å². The van der Waals surface area contributed by atoms with Gasteiger partial charge in [-0.3, -0.25) is 11.3 Å². The molecule has 0 radical (unpaired) electrons. The van der Waals surface area contributed by atoms with Crippen molar-refractivity contribution < 1.29 is 0 Å². The summed E-state index contributed by atoms with van der Waals surface area (Å²) in [5.74, 6) is 5.79. The fourth-order valence-corrected chi connectivity index (χ4v) is 4.43. The fraction of sp³-hybridized carbons (Fsp3) is 0.692. The van der Waals surface area contributed by atoms with E-state index >= 15 is 0 Å². The number of nitrogens with two attached hydrogens (primary N) is 1. The summed E-state index contributed by atoms with van der Waals surface area (Å²) in [6.07, 6.45) is 7.71. The Morgan fingerprint density at radius 3 is 2.71 bits per heavy atom. The molecule has 1 heterocycles. The van der Waals surface area contributed by atoms with E-state index in [1.54, 1.807) is 0 Å². The molecular formula is C13H21BrN2S. The van der Waals surface area contributed by atoms with Crippen LogP contribution in [0.4, 0.5) is 0 Å². The molecule has 0 spiro atoms. The fourth-order valence-electron chi connectivity index (χ4n) is 2.87. The molecule has 1 atom stereocenters. The maximum Gasteiger partial charge on any atom is 0.0314 e. The second kappa shape index (κ2) is 5.83. The first kappa shape index (κ1) is 13.5. The predicted octanol–water partition coefficient (Wildman–Crippen LogP) is 3.86. The minimum atomic E-state index is 0.358. The van der Waals surface area contributed by atoms with Crippen LogP contribution in [0.25, 0.3) is 0 Å². The Hall–Kier alpha value is 0.1000. The molecule has 0 bridgehead atoms. The van der Waals surface area contributed by atoms with Gasteiger partial charge in [0.1, 0.15) is 0 Å². The Morgan fingerprint density at radius 2 is 2.18 bits per heavy atom. The standard InChI is InChI=1S/C13H21BrN2S/c1-13(6-3-2-4-7-13)12(16-15)9-11-10(14)5-8-17-11/h5,8,12,16H,2-4,6-7,9,15H2,1H3. The lowest BCUT2D eigenvalue weighted by Gasteiger charge is -2.40. The molecule has 1 aliphatic rings. The van der Waals surface area contributed by atoms with Crippen LogP contribution in [0.5, 0.6) is 0 Å². The average Bonchev–Trinajstić information content (AvgIpc) is 2.72. The molecule has 0 aliphatic heterocycles. The molecule has 0 amide bonds. The number of halogens is 1. The summed E-state index contributed by atoms with van der Waals surface area (Å²) in [4.78, 5) is 1.40. The van der Waals surface area contributed by atoms with Crippen molar-refractivity contribution in [3.8, 4) is 0 Å². The molecule has 0 saturated heterocycles. The Labute approximate surface area is 116 Å². The lowest BCUT2D eigenvalue weighted by Crippen LogP contribution is -2.49. The quantitative estimate of drug-likeness (QED) is 0.654. The van der Waals surface area contributed by atoms with Gasteiger partial charge in [-0.25, -0.2) is 0 Å². The number of nitrogens with one attached hydrogen (secondary N) is 1. The minimum Gasteiger partial charge on any atom is -0.271 e. The maximum atomic E-state index is 5.79. The summed E-state index contributed by atoms with van der Waals surface area (Å²) < 4.78 is 1.22. The number of hydrazine groups is 1. The smallest absolute Gasteiger partial charge is 0.0314 e. The van der Waals surface area contributed by atoms with Gasteiger partial charge in [0.05, 0.1) is 0 Å². The summed E-state index contributed by atoms with van der Waals surface area (Å²) in [5.41, 5.74) is 3.42. The zero-order chi connectivity index (χ0) is 12.3. The summed E-state index contributed by atoms with van der Waals surface area (Å²) >= 11 is 5.42. The molecule has 0 aromatic carbocycles. The van der Waals surface area contributed by atoms with Crippen LogP contribution in [0.2, 0.25) is 0 Å². The van der Waals surface area contributed by atoms with Crippen molar-refractivity contribution in [2.24, 2.45) is 11.3 Å². The van der Waals surface area contributed by atoms with E-state index in [1.165, 1.54) is 41.5 Å². The van der Waals surface area contributed by atoms with E-state index in [1.807, 2.05) is 11.3 Å². The van der Waals surface area contributed by atoms with Crippen LogP contribution in [0.15, 0.2) is 15.9 Å². The van der Waals surface area contributed by atoms with E-state index < -0.39 is 0 Å². The second-order valence-electron chi connectivity index (χ2n) is 5.33. The zero-order valence-corrected chi connectivity index (χ0v) is 12.7. The molecule has 1 saturated carbocycles. The highest BCUT2D eigenvalue weighted by atomic mass is 79.9. The molecule has 1 aromatic heterocycles. The molecule has 96 valence electrons. The monoisotopic (exact) mass is 316 g/mol. The normalized spacial score (nSPS) is 21.4. The highest BCUT2D eigenvalue weighted by molar-refractivity contribution is 9.10. The van der Waals surface area contributed by atoms with Gasteiger partial charge in [-0.15, -0.1) is 11.3 Å². The summed E-state index contributed by atoms with van der Waals surface area (Å²) in [6, 6.07) is 2.51. The van der Waals surface area contributed by atoms with Gasteiger partial charge in [0.15, 0.2) is 0 Å². The van der Waals surface area contributed by atoms with Crippen molar-refractivity contribution >= 4 is 27.3 Å². The van der Waals surface area contributed by atoms with E-state index in [2.05, 4.69) is 39.7 Å². The van der Waals surface area contributed by atoms with Crippen molar-refractivity contribution in [2.75, 3.05) is 0 Å². The summed E-state index contributed by atoms with van der Waals surface area (Å²) in [6.45, 7) is 2.39. The van der Waals surface area contributed by atoms with Gasteiger partial charge in [0.2, 0.25) is 0 Å². The van der Waals surface area contributed by atoms with Crippen molar-refractivity contribution in [1.29, 1.82) is 0 Å². The first-order valence-corrected chi connectivity index (χ1v) is 8.01. The third-order valence-corrected chi connectivity index (χ3v) is 6.07. The summed E-state index contributed by atoms with van der Waals surface area (Å²) in [5, 5.41) is 2.14. The van der Waals surface area contributed by atoms with E-state index in [0.717, 1.165) is 6.42 Å². The van der Waals surface area contributed by atoms with Gasteiger partial charge >= 0.3 is 0 Å². The topological polar surface area (TPSA) is 38.0 Å². The Bertz CT molecular complexity index is 358. The Morgan fingerprint density at radius 1 is 1.47 bits per heavy atom. The molecule has 1 unspecified atom stereocenters. The lowest BCUT2D eigenvalue weighted by molar-refractivity contribution is 0.144. The number of rotatable bonds is 4. The third-order valence-electron chi connectivity index (χ3n) is 4.12. The van der Waals surface area contributed by atoms with Crippen LogP contribution in [-0.2, 0) is 6.42 Å². The molecule has 2 nitrogen and oxygen atoms in total. The van der Waals surface area contributed by atoms with Crippen LogP contribution >= 0.6 is 27.3 Å². The molecule has 1 aliphatic carbocycles. The largest absolute Gasteiger partial charge is 0.271 e. The predicted molar refractivity (Wildman–Crippen MR) is 78.0 cm³/mol. The van der Waals surface area contributed by atoms with Crippen LogP contribution < -0.4 is 11.3 Å². The molecule has 4 heteroatoms. The third kappa shape index (κ3) is 3.11. The zero-order valence-electron chi connectivity index (χ0n) is 10.3. The Kier molecular flexibility index (Phi) is 4.64. The number of hydrogen-bond acceptors (Lipinski definition) is 3. The summed E-state index contributed by atoms with van der Waals surface area (Å²) in [7, 11) is 0. The number of hydrogen-bond donors (Lipinski definition) is 2. The van der Waals surface area contributed by atoms with E-state index in [0.29, 0.717) is 11.5 Å². The number of thiophene rings is 1. The van der Waals surface area contributed by atoms with Gasteiger partial charge in [-0.1, -0.05) is 26.2 Å². The van der Waals surface area contributed by atoms with E-state index in [4.69, 9.17) is 5.84 Å². The molecule has 1 fully saturated rings. The lowest BCUT2D eigenvalue weighted by atomic mass is 9.70. The molecule has 2 rings (SSSR count). The van der Waals surface area contributed by atoms with Gasteiger partial charge in [-0.2, -0.15) is 0 Å². The van der Waals surface area contributed by atoms with Gasteiger partial charge < -0.3 is 0 Å². The highest BCUT2D eigenvalue weighted by Crippen LogP contribution is 2.40. The Balaban J connectivity index is 2.08. The molecule has 1 aromatic rings. The average molecular weight is 317 g/mol. The van der Waals surface area contributed by atoms with E-state index in [9.17, 15) is 0 Å². The second-order valence-corrected chi connectivity index (χ2v) is 7.18. The molecule has 17 heavy (non-hydrogen) atoms. The highest BCUT2D eigenvalue weighted by Gasteiger charge is 2.35. The van der Waals surface area contributed by atoms with Gasteiger partial charge in [0.25, 0.3) is 0 Å². The van der Waals surface area contributed by atoms with Gasteiger partial charge in [0, 0.05) is 21.8 Å². The van der Waals surface area contributed by atoms with Crippen LogP contribution in [0, 0.1) is 5.41 Å². The first-order chi connectivity index (χ1) is 8.15. The van der Waals surface area contributed by atoms with E-state index in [-0.39, 0.29) is 0 Å². The van der Waals surface area contributed by atoms with Crippen molar-refractivity contribution in [2.45, 2.75) is 51.5 Å². The van der Waals surface area contributed by atoms with Crippen LogP contribution in [0.1, 0.15) is 43.9 Å². The van der Waals surface area contributed by atoms with Gasteiger partial charge in [-0.05, 0) is 45.6 Å². The van der Waals surface area contributed by atoms with Crippen molar-refractivity contribution in [3.05, 3.63) is 20.8 Å². The van der Waals surface area contributed by atoms with Crippen LogP contribution in [0.3, 0.4) is 0 Å². The SMILES string of the molecule is CC1(C(Cc2sccc2Br)NN)CCCCC1. The first-order valence-electron chi connectivity index (χ1n) is 6.34. The maximum absolute atomic E-state index is 5.79.